The first-order chi connectivity index (χ1) is 18.0. The number of benzene rings is 3. The van der Waals surface area contributed by atoms with Gasteiger partial charge in [0.15, 0.2) is 12.4 Å². The van der Waals surface area contributed by atoms with E-state index in [0.29, 0.717) is 35.5 Å². The summed E-state index contributed by atoms with van der Waals surface area (Å²) in [5.41, 5.74) is 1.10. The number of ketones is 1. The molecule has 1 N–H and O–H groups in total. The number of halogens is 1. The molecule has 1 amide bonds. The fourth-order valence-electron chi connectivity index (χ4n) is 4.38. The van der Waals surface area contributed by atoms with Crippen molar-refractivity contribution in [3.63, 3.8) is 0 Å². The zero-order valence-electron chi connectivity index (χ0n) is 20.7. The first-order valence-electron chi connectivity index (χ1n) is 12.6. The van der Waals surface area contributed by atoms with E-state index in [1.807, 2.05) is 54.6 Å². The van der Waals surface area contributed by atoms with E-state index in [2.05, 4.69) is 5.32 Å². The minimum atomic E-state index is -0.139. The SMILES string of the molecule is O=C(COc1ccc(OCc2ccccc2)cc1)CC1CCC(NC(=O)COc2ccc(Cl)cc2)CC1. The van der Waals surface area contributed by atoms with Crippen molar-refractivity contribution < 1.29 is 23.8 Å². The highest BCUT2D eigenvalue weighted by molar-refractivity contribution is 6.30. The van der Waals surface area contributed by atoms with Gasteiger partial charge < -0.3 is 19.5 Å². The van der Waals surface area contributed by atoms with Crippen molar-refractivity contribution in [2.75, 3.05) is 13.2 Å². The molecule has 0 aliphatic heterocycles. The first-order valence-corrected chi connectivity index (χ1v) is 13.0. The molecule has 3 aromatic rings. The summed E-state index contributed by atoms with van der Waals surface area (Å²) in [5.74, 6) is 2.28. The zero-order valence-corrected chi connectivity index (χ0v) is 21.5. The predicted octanol–water partition coefficient (Wildman–Crippen LogP) is 6.01. The number of Topliss-reactive ketones (excluding diaryl/α,β-unsaturated/α-hetero) is 1. The zero-order chi connectivity index (χ0) is 25.9. The van der Waals surface area contributed by atoms with E-state index >= 15 is 0 Å². The lowest BCUT2D eigenvalue weighted by Gasteiger charge is -2.28. The number of nitrogens with one attached hydrogen (secondary N) is 1. The van der Waals surface area contributed by atoms with Gasteiger partial charge in [-0.2, -0.15) is 0 Å². The monoisotopic (exact) mass is 521 g/mol. The Hall–Kier alpha value is -3.51. The topological polar surface area (TPSA) is 73.9 Å². The maximum absolute atomic E-state index is 12.5. The van der Waals surface area contributed by atoms with E-state index < -0.39 is 0 Å². The molecule has 0 atom stereocenters. The van der Waals surface area contributed by atoms with Crippen LogP contribution in [0.25, 0.3) is 0 Å². The molecule has 0 heterocycles. The van der Waals surface area contributed by atoms with Crippen molar-refractivity contribution in [1.29, 1.82) is 0 Å². The van der Waals surface area contributed by atoms with Crippen LogP contribution in [0.15, 0.2) is 78.9 Å². The van der Waals surface area contributed by atoms with E-state index in [-0.39, 0.29) is 30.9 Å². The second kappa shape index (κ2) is 13.7. The number of amides is 1. The standard InChI is InChI=1S/C30H32ClNO5/c31-24-8-12-27(13-9-24)37-21-30(34)32-25-10-6-22(7-11-25)18-26(33)20-36-29-16-14-28(15-17-29)35-19-23-4-2-1-3-5-23/h1-5,8-9,12-17,22,25H,6-7,10-11,18-21H2,(H,32,34). The summed E-state index contributed by atoms with van der Waals surface area (Å²) in [4.78, 5) is 24.7. The van der Waals surface area contributed by atoms with Crippen molar-refractivity contribution in [1.82, 2.24) is 5.32 Å². The third-order valence-electron chi connectivity index (χ3n) is 6.38. The molecule has 1 aliphatic rings. The average Bonchev–Trinajstić information content (AvgIpc) is 2.93. The van der Waals surface area contributed by atoms with Crippen molar-refractivity contribution in [2.45, 2.75) is 44.8 Å². The van der Waals surface area contributed by atoms with Crippen LogP contribution in [-0.4, -0.2) is 30.9 Å². The number of rotatable bonds is 12. The van der Waals surface area contributed by atoms with Crippen LogP contribution in [0.2, 0.25) is 5.02 Å². The molecular formula is C30H32ClNO5. The highest BCUT2D eigenvalue weighted by Gasteiger charge is 2.24. The van der Waals surface area contributed by atoms with Gasteiger partial charge in [0.2, 0.25) is 0 Å². The summed E-state index contributed by atoms with van der Waals surface area (Å²) in [7, 11) is 0. The third-order valence-corrected chi connectivity index (χ3v) is 6.64. The number of carbonyl (C=O) groups excluding carboxylic acids is 2. The molecule has 0 aromatic heterocycles. The third kappa shape index (κ3) is 9.14. The van der Waals surface area contributed by atoms with Gasteiger partial charge in [-0.15, -0.1) is 0 Å². The van der Waals surface area contributed by atoms with Crippen LogP contribution >= 0.6 is 11.6 Å². The minimum absolute atomic E-state index is 0.0302. The van der Waals surface area contributed by atoms with Crippen molar-refractivity contribution >= 4 is 23.3 Å². The van der Waals surface area contributed by atoms with Gasteiger partial charge in [-0.3, -0.25) is 9.59 Å². The minimum Gasteiger partial charge on any atom is -0.489 e. The largest absolute Gasteiger partial charge is 0.489 e. The van der Waals surface area contributed by atoms with Crippen LogP contribution in [0, 0.1) is 5.92 Å². The van der Waals surface area contributed by atoms with Gasteiger partial charge in [0.25, 0.3) is 5.91 Å². The Bertz CT molecular complexity index is 1130. The summed E-state index contributed by atoms with van der Waals surface area (Å²) in [6.45, 7) is 0.531. The van der Waals surface area contributed by atoms with Crippen LogP contribution < -0.4 is 19.5 Å². The van der Waals surface area contributed by atoms with Crippen molar-refractivity contribution in [2.24, 2.45) is 5.92 Å². The molecule has 4 rings (SSSR count). The van der Waals surface area contributed by atoms with Gasteiger partial charge in [0, 0.05) is 17.5 Å². The van der Waals surface area contributed by atoms with E-state index in [9.17, 15) is 9.59 Å². The molecule has 3 aromatic carbocycles. The molecule has 0 spiro atoms. The molecule has 0 bridgehead atoms. The highest BCUT2D eigenvalue weighted by Crippen LogP contribution is 2.27. The summed E-state index contributed by atoms with van der Waals surface area (Å²) >= 11 is 5.86. The lowest BCUT2D eigenvalue weighted by Crippen LogP contribution is -2.40. The molecular weight excluding hydrogens is 490 g/mol. The number of hydrogen-bond acceptors (Lipinski definition) is 5. The van der Waals surface area contributed by atoms with Gasteiger partial charge in [0.05, 0.1) is 0 Å². The van der Waals surface area contributed by atoms with Crippen LogP contribution in [0.5, 0.6) is 17.2 Å². The maximum atomic E-state index is 12.5. The van der Waals surface area contributed by atoms with Crippen LogP contribution in [0.1, 0.15) is 37.7 Å². The summed E-state index contributed by atoms with van der Waals surface area (Å²) in [5, 5.41) is 3.66. The fraction of sp³-hybridized carbons (Fsp3) is 0.333. The molecule has 7 heteroatoms. The average molecular weight is 522 g/mol. The van der Waals surface area contributed by atoms with E-state index in [1.165, 1.54) is 0 Å². The van der Waals surface area contributed by atoms with Gasteiger partial charge >= 0.3 is 0 Å². The lowest BCUT2D eigenvalue weighted by molar-refractivity contribution is -0.125. The lowest BCUT2D eigenvalue weighted by atomic mass is 9.83. The number of ether oxygens (including phenoxy) is 3. The van der Waals surface area contributed by atoms with Crippen molar-refractivity contribution in [3.8, 4) is 17.2 Å². The Morgan fingerprint density at radius 2 is 1.30 bits per heavy atom. The molecule has 6 nitrogen and oxygen atoms in total. The smallest absolute Gasteiger partial charge is 0.258 e. The van der Waals surface area contributed by atoms with Gasteiger partial charge in [-0.1, -0.05) is 41.9 Å². The van der Waals surface area contributed by atoms with Gasteiger partial charge in [0.1, 0.15) is 30.5 Å². The van der Waals surface area contributed by atoms with Gasteiger partial charge in [-0.05, 0) is 85.7 Å². The quantitative estimate of drug-likeness (QED) is 0.316. The van der Waals surface area contributed by atoms with Crippen molar-refractivity contribution in [3.05, 3.63) is 89.4 Å². The van der Waals surface area contributed by atoms with E-state index in [4.69, 9.17) is 25.8 Å². The predicted molar refractivity (Wildman–Crippen MR) is 143 cm³/mol. The first kappa shape index (κ1) is 26.6. The highest BCUT2D eigenvalue weighted by atomic mass is 35.5. The van der Waals surface area contributed by atoms with Crippen LogP contribution in [0.3, 0.4) is 0 Å². The normalized spacial score (nSPS) is 17.0. The van der Waals surface area contributed by atoms with E-state index in [1.54, 1.807) is 24.3 Å². The molecule has 0 radical (unpaired) electrons. The molecule has 1 aliphatic carbocycles. The Morgan fingerprint density at radius 1 is 0.730 bits per heavy atom. The van der Waals surface area contributed by atoms with Gasteiger partial charge in [-0.25, -0.2) is 0 Å². The van der Waals surface area contributed by atoms with E-state index in [0.717, 1.165) is 37.0 Å². The summed E-state index contributed by atoms with van der Waals surface area (Å²) in [6, 6.07) is 24.3. The Kier molecular flexibility index (Phi) is 9.83. The molecule has 0 unspecified atom stereocenters. The molecule has 194 valence electrons. The summed E-state index contributed by atoms with van der Waals surface area (Å²) < 4.78 is 17.0. The molecule has 0 saturated heterocycles. The number of carbonyl (C=O) groups is 2. The number of hydrogen-bond donors (Lipinski definition) is 1. The molecule has 1 fully saturated rings. The second-order valence-electron chi connectivity index (χ2n) is 9.30. The molecule has 37 heavy (non-hydrogen) atoms. The second-order valence-corrected chi connectivity index (χ2v) is 9.74. The molecule has 1 saturated carbocycles. The fourth-order valence-corrected chi connectivity index (χ4v) is 4.50. The van der Waals surface area contributed by atoms with Crippen LogP contribution in [-0.2, 0) is 16.2 Å². The Balaban J connectivity index is 1.09. The summed E-state index contributed by atoms with van der Waals surface area (Å²) in [6.07, 6.45) is 4.02. The van der Waals surface area contributed by atoms with Crippen LogP contribution in [0.4, 0.5) is 0 Å². The Morgan fingerprint density at radius 3 is 1.95 bits per heavy atom. The maximum Gasteiger partial charge on any atom is 0.258 e. The Labute approximate surface area is 222 Å².